The van der Waals surface area contributed by atoms with E-state index in [9.17, 15) is 4.39 Å². The number of piperidine rings is 1. The van der Waals surface area contributed by atoms with Crippen LogP contribution in [0.15, 0.2) is 47.5 Å². The molecule has 0 atom stereocenters. The predicted molar refractivity (Wildman–Crippen MR) is 114 cm³/mol. The first-order chi connectivity index (χ1) is 14.1. The molecule has 2 aromatic rings. The van der Waals surface area contributed by atoms with Crippen LogP contribution in [-0.2, 0) is 13.1 Å². The molecule has 1 aliphatic rings. The zero-order chi connectivity index (χ0) is 20.6. The molecule has 1 aliphatic heterocycles. The third-order valence-corrected chi connectivity index (χ3v) is 5.27. The van der Waals surface area contributed by atoms with Gasteiger partial charge in [0.15, 0.2) is 5.96 Å². The summed E-state index contributed by atoms with van der Waals surface area (Å²) in [7, 11) is 1.72. The molecule has 6 heteroatoms. The van der Waals surface area contributed by atoms with Crippen molar-refractivity contribution < 1.29 is 4.39 Å². The van der Waals surface area contributed by atoms with E-state index in [0.29, 0.717) is 29.7 Å². The lowest BCUT2D eigenvalue weighted by Gasteiger charge is -2.33. The molecule has 29 heavy (non-hydrogen) atoms. The second-order valence-corrected chi connectivity index (χ2v) is 7.53. The van der Waals surface area contributed by atoms with Gasteiger partial charge in [-0.15, -0.1) is 0 Å². The SMILES string of the molecule is CN=C(NCc1ccc(C#N)cc1F)NC1CCN(Cc2cccc(C)c2)CC1. The summed E-state index contributed by atoms with van der Waals surface area (Å²) in [5.41, 5.74) is 3.50. The van der Waals surface area contributed by atoms with E-state index < -0.39 is 0 Å². The Hall–Kier alpha value is -2.91. The summed E-state index contributed by atoms with van der Waals surface area (Å²) in [6.45, 7) is 5.50. The largest absolute Gasteiger partial charge is 0.354 e. The van der Waals surface area contributed by atoms with Gasteiger partial charge in [-0.25, -0.2) is 4.39 Å². The van der Waals surface area contributed by atoms with Crippen LogP contribution in [0.4, 0.5) is 4.39 Å². The number of rotatable bonds is 5. The minimum absolute atomic E-state index is 0.323. The van der Waals surface area contributed by atoms with Crippen molar-refractivity contribution in [1.29, 1.82) is 5.26 Å². The highest BCUT2D eigenvalue weighted by Crippen LogP contribution is 2.15. The molecule has 0 bridgehead atoms. The van der Waals surface area contributed by atoms with Gasteiger partial charge in [0.2, 0.25) is 0 Å². The smallest absolute Gasteiger partial charge is 0.191 e. The normalized spacial score (nSPS) is 15.7. The fraction of sp³-hybridized carbons (Fsp3) is 0.391. The molecule has 2 N–H and O–H groups in total. The fourth-order valence-electron chi connectivity index (χ4n) is 3.63. The lowest BCUT2D eigenvalue weighted by molar-refractivity contribution is 0.198. The molecule has 5 nitrogen and oxygen atoms in total. The van der Waals surface area contributed by atoms with Crippen molar-refractivity contribution in [3.05, 3.63) is 70.5 Å². The van der Waals surface area contributed by atoms with Crippen LogP contribution in [0.2, 0.25) is 0 Å². The van der Waals surface area contributed by atoms with Crippen LogP contribution in [0.3, 0.4) is 0 Å². The lowest BCUT2D eigenvalue weighted by atomic mass is 10.0. The second kappa shape index (κ2) is 10.0. The molecule has 0 saturated carbocycles. The van der Waals surface area contributed by atoms with Crippen LogP contribution in [0, 0.1) is 24.1 Å². The maximum atomic E-state index is 14.0. The van der Waals surface area contributed by atoms with Crippen LogP contribution >= 0.6 is 0 Å². The van der Waals surface area contributed by atoms with Crippen LogP contribution < -0.4 is 10.6 Å². The first-order valence-electron chi connectivity index (χ1n) is 10.0. The summed E-state index contributed by atoms with van der Waals surface area (Å²) >= 11 is 0. The Kier molecular flexibility index (Phi) is 7.20. The van der Waals surface area contributed by atoms with Crippen LogP contribution in [0.5, 0.6) is 0 Å². The second-order valence-electron chi connectivity index (χ2n) is 7.53. The Morgan fingerprint density at radius 3 is 2.69 bits per heavy atom. The number of nitrogens with zero attached hydrogens (tertiary/aromatic N) is 3. The number of aryl methyl sites for hydroxylation is 1. The Balaban J connectivity index is 1.45. The number of nitrogens with one attached hydrogen (secondary N) is 2. The highest BCUT2D eigenvalue weighted by Gasteiger charge is 2.20. The molecular weight excluding hydrogens is 365 g/mol. The van der Waals surface area contributed by atoms with Crippen LogP contribution in [0.25, 0.3) is 0 Å². The number of aliphatic imine (C=N–C) groups is 1. The lowest BCUT2D eigenvalue weighted by Crippen LogP contribution is -2.48. The molecule has 1 fully saturated rings. The monoisotopic (exact) mass is 393 g/mol. The van der Waals surface area contributed by atoms with E-state index in [2.05, 4.69) is 51.7 Å². The van der Waals surface area contributed by atoms with E-state index in [1.165, 1.54) is 17.2 Å². The predicted octanol–water partition coefficient (Wildman–Crippen LogP) is 3.34. The van der Waals surface area contributed by atoms with Crippen molar-refractivity contribution in [1.82, 2.24) is 15.5 Å². The first-order valence-corrected chi connectivity index (χ1v) is 10.0. The van der Waals surface area contributed by atoms with Gasteiger partial charge in [-0.1, -0.05) is 35.9 Å². The van der Waals surface area contributed by atoms with E-state index in [-0.39, 0.29) is 5.82 Å². The molecule has 3 rings (SSSR count). The number of hydrogen-bond acceptors (Lipinski definition) is 3. The zero-order valence-corrected chi connectivity index (χ0v) is 17.1. The Bertz CT molecular complexity index is 894. The molecular formula is C23H28FN5. The third kappa shape index (κ3) is 6.03. The molecule has 1 heterocycles. The maximum Gasteiger partial charge on any atom is 0.191 e. The molecule has 0 spiro atoms. The average molecular weight is 394 g/mol. The minimum Gasteiger partial charge on any atom is -0.354 e. The quantitative estimate of drug-likeness (QED) is 0.604. The molecule has 0 radical (unpaired) electrons. The standard InChI is InChI=1S/C23H28FN5/c1-17-4-3-5-19(12-17)16-29-10-8-21(9-11-29)28-23(26-2)27-15-20-7-6-18(14-25)13-22(20)24/h3-7,12-13,21H,8-11,15-16H2,1-2H3,(H2,26,27,28). The maximum absolute atomic E-state index is 14.0. The zero-order valence-electron chi connectivity index (χ0n) is 17.1. The van der Waals surface area contributed by atoms with Gasteiger partial charge in [0.05, 0.1) is 11.6 Å². The number of likely N-dealkylation sites (tertiary alicyclic amines) is 1. The van der Waals surface area contributed by atoms with E-state index in [1.54, 1.807) is 19.2 Å². The van der Waals surface area contributed by atoms with Gasteiger partial charge in [0.25, 0.3) is 0 Å². The summed E-state index contributed by atoms with van der Waals surface area (Å²) in [5.74, 6) is 0.294. The van der Waals surface area contributed by atoms with Gasteiger partial charge in [-0.3, -0.25) is 9.89 Å². The summed E-state index contributed by atoms with van der Waals surface area (Å²) in [5, 5.41) is 15.5. The summed E-state index contributed by atoms with van der Waals surface area (Å²) in [4.78, 5) is 6.74. The van der Waals surface area contributed by atoms with E-state index in [1.807, 2.05) is 6.07 Å². The van der Waals surface area contributed by atoms with Gasteiger partial charge in [-0.2, -0.15) is 5.26 Å². The van der Waals surface area contributed by atoms with E-state index in [0.717, 1.165) is 32.5 Å². The van der Waals surface area contributed by atoms with Crippen molar-refractivity contribution in [2.24, 2.45) is 4.99 Å². The van der Waals surface area contributed by atoms with Crippen molar-refractivity contribution in [3.8, 4) is 6.07 Å². The third-order valence-electron chi connectivity index (χ3n) is 5.27. The number of guanidine groups is 1. The van der Waals surface area contributed by atoms with Gasteiger partial charge in [0.1, 0.15) is 5.82 Å². The molecule has 0 amide bonds. The number of benzene rings is 2. The van der Waals surface area contributed by atoms with Gasteiger partial charge < -0.3 is 10.6 Å². The van der Waals surface area contributed by atoms with Crippen molar-refractivity contribution in [2.75, 3.05) is 20.1 Å². The molecule has 1 saturated heterocycles. The number of hydrogen-bond donors (Lipinski definition) is 2. The number of nitriles is 1. The molecule has 2 aromatic carbocycles. The molecule has 0 unspecified atom stereocenters. The minimum atomic E-state index is -0.378. The van der Waals surface area contributed by atoms with Crippen molar-refractivity contribution in [3.63, 3.8) is 0 Å². The fourth-order valence-corrected chi connectivity index (χ4v) is 3.63. The first kappa shape index (κ1) is 20.8. The Morgan fingerprint density at radius 1 is 1.24 bits per heavy atom. The van der Waals surface area contributed by atoms with Gasteiger partial charge in [0, 0.05) is 44.8 Å². The van der Waals surface area contributed by atoms with Crippen LogP contribution in [0.1, 0.15) is 35.1 Å². The highest BCUT2D eigenvalue weighted by atomic mass is 19.1. The molecule has 0 aliphatic carbocycles. The van der Waals surface area contributed by atoms with Crippen molar-refractivity contribution in [2.45, 2.75) is 38.9 Å². The molecule has 0 aromatic heterocycles. The summed E-state index contributed by atoms with van der Waals surface area (Å²) < 4.78 is 14.0. The van der Waals surface area contributed by atoms with Gasteiger partial charge in [-0.05, 0) is 37.5 Å². The van der Waals surface area contributed by atoms with Gasteiger partial charge >= 0.3 is 0 Å². The topological polar surface area (TPSA) is 63.5 Å². The van der Waals surface area contributed by atoms with E-state index in [4.69, 9.17) is 5.26 Å². The average Bonchev–Trinajstić information content (AvgIpc) is 2.73. The summed E-state index contributed by atoms with van der Waals surface area (Å²) in [6, 6.07) is 15.5. The van der Waals surface area contributed by atoms with E-state index >= 15 is 0 Å². The Morgan fingerprint density at radius 2 is 2.03 bits per heavy atom. The van der Waals surface area contributed by atoms with Crippen LogP contribution in [-0.4, -0.2) is 37.0 Å². The highest BCUT2D eigenvalue weighted by molar-refractivity contribution is 5.80. The molecule has 152 valence electrons. The number of halogens is 1. The summed E-state index contributed by atoms with van der Waals surface area (Å²) in [6.07, 6.45) is 2.08. The van der Waals surface area contributed by atoms with Crippen molar-refractivity contribution >= 4 is 5.96 Å². The Labute approximate surface area is 172 Å².